The predicted octanol–water partition coefficient (Wildman–Crippen LogP) is 1.31. The summed E-state index contributed by atoms with van der Waals surface area (Å²) < 4.78 is 6.20. The standard InChI is InChI=1S/C16H31N3O/c1-2-17-11-15-6-7-16(20-15)13-18-8-4-10-19-9-3-5-14(19)12-18/h14-17H,2-13H2,1H3. The van der Waals surface area contributed by atoms with Crippen molar-refractivity contribution in [3.63, 3.8) is 0 Å². The van der Waals surface area contributed by atoms with Crippen molar-refractivity contribution in [3.8, 4) is 0 Å². The second-order valence-corrected chi connectivity index (χ2v) is 6.71. The normalized spacial score (nSPS) is 36.1. The summed E-state index contributed by atoms with van der Waals surface area (Å²) in [4.78, 5) is 5.39. The van der Waals surface area contributed by atoms with Gasteiger partial charge in [-0.15, -0.1) is 0 Å². The highest BCUT2D eigenvalue weighted by Gasteiger charge is 2.31. The quantitative estimate of drug-likeness (QED) is 0.822. The van der Waals surface area contributed by atoms with Gasteiger partial charge in [0.25, 0.3) is 0 Å². The molecule has 0 radical (unpaired) electrons. The second kappa shape index (κ2) is 7.21. The van der Waals surface area contributed by atoms with E-state index in [9.17, 15) is 0 Å². The molecule has 0 saturated carbocycles. The molecule has 0 amide bonds. The Morgan fingerprint density at radius 3 is 2.80 bits per heavy atom. The van der Waals surface area contributed by atoms with Crippen LogP contribution in [0.25, 0.3) is 0 Å². The summed E-state index contributed by atoms with van der Waals surface area (Å²) in [5.74, 6) is 0. The fraction of sp³-hybridized carbons (Fsp3) is 1.00. The molecule has 0 aromatic rings. The zero-order chi connectivity index (χ0) is 13.8. The number of nitrogens with one attached hydrogen (secondary N) is 1. The minimum absolute atomic E-state index is 0.454. The van der Waals surface area contributed by atoms with Crippen molar-refractivity contribution in [2.24, 2.45) is 0 Å². The Bertz CT molecular complexity index is 299. The van der Waals surface area contributed by atoms with E-state index in [1.807, 2.05) is 0 Å². The van der Waals surface area contributed by atoms with Gasteiger partial charge in [0.15, 0.2) is 0 Å². The third kappa shape index (κ3) is 3.73. The van der Waals surface area contributed by atoms with Gasteiger partial charge in [-0.25, -0.2) is 0 Å². The molecule has 3 atom stereocenters. The van der Waals surface area contributed by atoms with Crippen molar-refractivity contribution < 1.29 is 4.74 Å². The Morgan fingerprint density at radius 1 is 1.05 bits per heavy atom. The minimum atomic E-state index is 0.454. The maximum Gasteiger partial charge on any atom is 0.0707 e. The third-order valence-electron chi connectivity index (χ3n) is 5.17. The molecule has 0 aromatic heterocycles. The molecule has 1 N–H and O–H groups in total. The number of fused-ring (bicyclic) bond motifs is 1. The van der Waals surface area contributed by atoms with Gasteiger partial charge in [-0.3, -0.25) is 9.80 Å². The molecule has 4 nitrogen and oxygen atoms in total. The van der Waals surface area contributed by atoms with Crippen molar-refractivity contribution in [1.29, 1.82) is 0 Å². The first-order chi connectivity index (χ1) is 9.85. The Hall–Kier alpha value is -0.160. The topological polar surface area (TPSA) is 27.7 Å². The number of likely N-dealkylation sites (N-methyl/N-ethyl adjacent to an activating group) is 1. The Labute approximate surface area is 123 Å². The van der Waals surface area contributed by atoms with Gasteiger partial charge in [-0.1, -0.05) is 6.92 Å². The van der Waals surface area contributed by atoms with Gasteiger partial charge >= 0.3 is 0 Å². The number of ether oxygens (including phenoxy) is 1. The molecule has 0 aliphatic carbocycles. The second-order valence-electron chi connectivity index (χ2n) is 6.71. The average Bonchev–Trinajstić information content (AvgIpc) is 3.03. The molecule has 0 bridgehead atoms. The van der Waals surface area contributed by atoms with Crippen LogP contribution >= 0.6 is 0 Å². The van der Waals surface area contributed by atoms with E-state index in [1.54, 1.807) is 0 Å². The first-order valence-electron chi connectivity index (χ1n) is 8.67. The highest BCUT2D eigenvalue weighted by atomic mass is 16.5. The molecule has 3 aliphatic rings. The van der Waals surface area contributed by atoms with Crippen LogP contribution in [0.3, 0.4) is 0 Å². The van der Waals surface area contributed by atoms with Crippen LogP contribution in [-0.4, -0.2) is 73.9 Å². The van der Waals surface area contributed by atoms with E-state index in [4.69, 9.17) is 4.74 Å². The van der Waals surface area contributed by atoms with Crippen LogP contribution in [-0.2, 0) is 4.74 Å². The maximum atomic E-state index is 6.20. The van der Waals surface area contributed by atoms with E-state index >= 15 is 0 Å². The van der Waals surface area contributed by atoms with Crippen molar-refractivity contribution in [2.45, 2.75) is 57.3 Å². The van der Waals surface area contributed by atoms with E-state index in [-0.39, 0.29) is 0 Å². The van der Waals surface area contributed by atoms with Crippen LogP contribution in [0.2, 0.25) is 0 Å². The molecular weight excluding hydrogens is 250 g/mol. The van der Waals surface area contributed by atoms with E-state index in [0.29, 0.717) is 12.2 Å². The number of nitrogens with zero attached hydrogens (tertiary/aromatic N) is 2. The lowest BCUT2D eigenvalue weighted by molar-refractivity contribution is 0.0225. The monoisotopic (exact) mass is 281 g/mol. The summed E-state index contributed by atoms with van der Waals surface area (Å²) in [6, 6.07) is 0.830. The van der Waals surface area contributed by atoms with Crippen molar-refractivity contribution in [2.75, 3.05) is 45.8 Å². The van der Waals surface area contributed by atoms with Gasteiger partial charge in [0.1, 0.15) is 0 Å². The summed E-state index contributed by atoms with van der Waals surface area (Å²) in [5.41, 5.74) is 0. The lowest BCUT2D eigenvalue weighted by Crippen LogP contribution is -2.40. The van der Waals surface area contributed by atoms with E-state index in [2.05, 4.69) is 22.0 Å². The zero-order valence-electron chi connectivity index (χ0n) is 13.0. The smallest absolute Gasteiger partial charge is 0.0707 e. The molecule has 0 spiro atoms. The van der Waals surface area contributed by atoms with Crippen LogP contribution < -0.4 is 5.32 Å². The largest absolute Gasteiger partial charge is 0.372 e. The van der Waals surface area contributed by atoms with Crippen molar-refractivity contribution in [3.05, 3.63) is 0 Å². The van der Waals surface area contributed by atoms with Gasteiger partial charge in [-0.2, -0.15) is 0 Å². The molecule has 3 saturated heterocycles. The summed E-state index contributed by atoms with van der Waals surface area (Å²) in [5, 5.41) is 3.41. The lowest BCUT2D eigenvalue weighted by atomic mass is 10.1. The highest BCUT2D eigenvalue weighted by Crippen LogP contribution is 2.24. The summed E-state index contributed by atoms with van der Waals surface area (Å²) in [6.45, 7) is 10.6. The van der Waals surface area contributed by atoms with Gasteiger partial charge in [0.05, 0.1) is 12.2 Å². The minimum Gasteiger partial charge on any atom is -0.372 e. The maximum absolute atomic E-state index is 6.20. The molecule has 3 heterocycles. The van der Waals surface area contributed by atoms with Crippen LogP contribution in [0.15, 0.2) is 0 Å². The summed E-state index contributed by atoms with van der Waals surface area (Å²) >= 11 is 0. The molecule has 4 heteroatoms. The van der Waals surface area contributed by atoms with E-state index in [1.165, 1.54) is 58.3 Å². The average molecular weight is 281 g/mol. The molecule has 3 fully saturated rings. The van der Waals surface area contributed by atoms with Crippen LogP contribution in [0.1, 0.15) is 39.0 Å². The first-order valence-corrected chi connectivity index (χ1v) is 8.67. The summed E-state index contributed by atoms with van der Waals surface area (Å²) in [7, 11) is 0. The molecule has 0 aromatic carbocycles. The molecule has 3 rings (SSSR count). The van der Waals surface area contributed by atoms with Crippen LogP contribution in [0.4, 0.5) is 0 Å². The van der Waals surface area contributed by atoms with Gasteiger partial charge in [0.2, 0.25) is 0 Å². The molecule has 20 heavy (non-hydrogen) atoms. The zero-order valence-corrected chi connectivity index (χ0v) is 13.0. The molecule has 3 aliphatic heterocycles. The Morgan fingerprint density at radius 2 is 1.90 bits per heavy atom. The van der Waals surface area contributed by atoms with Crippen LogP contribution in [0.5, 0.6) is 0 Å². The lowest BCUT2D eigenvalue weighted by Gasteiger charge is -2.27. The number of hydrogen-bond donors (Lipinski definition) is 1. The van der Waals surface area contributed by atoms with E-state index < -0.39 is 0 Å². The molecule has 3 unspecified atom stereocenters. The summed E-state index contributed by atoms with van der Waals surface area (Å²) in [6.07, 6.45) is 7.57. The molecule has 116 valence electrons. The van der Waals surface area contributed by atoms with Gasteiger partial charge < -0.3 is 10.1 Å². The number of rotatable bonds is 5. The fourth-order valence-corrected chi connectivity index (χ4v) is 4.11. The first kappa shape index (κ1) is 14.8. The number of hydrogen-bond acceptors (Lipinski definition) is 4. The van der Waals surface area contributed by atoms with Crippen LogP contribution in [0, 0.1) is 0 Å². The fourth-order valence-electron chi connectivity index (χ4n) is 4.11. The van der Waals surface area contributed by atoms with Gasteiger partial charge in [-0.05, 0) is 58.3 Å². The SMILES string of the molecule is CCNCC1CCC(CN2CCCN3CCCC3C2)O1. The Balaban J connectivity index is 1.43. The van der Waals surface area contributed by atoms with Crippen molar-refractivity contribution >= 4 is 0 Å². The molecular formula is C16H31N3O. The third-order valence-corrected chi connectivity index (χ3v) is 5.17. The highest BCUT2D eigenvalue weighted by molar-refractivity contribution is 4.86. The van der Waals surface area contributed by atoms with E-state index in [0.717, 1.165) is 25.7 Å². The predicted molar refractivity (Wildman–Crippen MR) is 82.1 cm³/mol. The van der Waals surface area contributed by atoms with Crippen molar-refractivity contribution in [1.82, 2.24) is 15.1 Å². The Kier molecular flexibility index (Phi) is 5.32. The van der Waals surface area contributed by atoms with Gasteiger partial charge in [0, 0.05) is 25.7 Å².